The minimum absolute atomic E-state index is 0.0871. The Bertz CT molecular complexity index is 892. The van der Waals surface area contributed by atoms with Crippen LogP contribution < -0.4 is 10.1 Å². The normalized spacial score (nSPS) is 12.0. The third-order valence-corrected chi connectivity index (χ3v) is 4.43. The van der Waals surface area contributed by atoms with Crippen molar-refractivity contribution in [2.24, 2.45) is 0 Å². The van der Waals surface area contributed by atoms with Gasteiger partial charge in [-0.2, -0.15) is 0 Å². The van der Waals surface area contributed by atoms with Gasteiger partial charge in [0.15, 0.2) is 0 Å². The van der Waals surface area contributed by atoms with E-state index in [0.29, 0.717) is 10.7 Å². The van der Waals surface area contributed by atoms with Gasteiger partial charge in [-0.15, -0.1) is 0 Å². The van der Waals surface area contributed by atoms with Gasteiger partial charge in [0.1, 0.15) is 5.75 Å². The molecule has 0 saturated carbocycles. The van der Waals surface area contributed by atoms with Gasteiger partial charge >= 0.3 is 0 Å². The minimum atomic E-state index is -0.284. The second kappa shape index (κ2) is 6.93. The molecule has 1 amide bonds. The number of hydrogen-bond donors (Lipinski definition) is 1. The fraction of sp³-hybridized carbons (Fsp3) is 0.150. The van der Waals surface area contributed by atoms with Crippen LogP contribution in [0.2, 0.25) is 5.02 Å². The Labute approximate surface area is 146 Å². The highest BCUT2D eigenvalue weighted by atomic mass is 35.5. The van der Waals surface area contributed by atoms with E-state index in [1.165, 1.54) is 0 Å². The number of anilines is 1. The van der Waals surface area contributed by atoms with E-state index in [1.807, 2.05) is 55.5 Å². The molecule has 0 aromatic heterocycles. The van der Waals surface area contributed by atoms with Gasteiger partial charge in [0.2, 0.25) is 5.91 Å². The first-order valence-electron chi connectivity index (χ1n) is 7.71. The van der Waals surface area contributed by atoms with E-state index in [-0.39, 0.29) is 11.8 Å². The van der Waals surface area contributed by atoms with Crippen molar-refractivity contribution in [3.63, 3.8) is 0 Å². The van der Waals surface area contributed by atoms with Gasteiger partial charge in [0.25, 0.3) is 0 Å². The third kappa shape index (κ3) is 3.36. The van der Waals surface area contributed by atoms with Crippen molar-refractivity contribution in [1.82, 2.24) is 0 Å². The largest absolute Gasteiger partial charge is 0.497 e. The van der Waals surface area contributed by atoms with Crippen molar-refractivity contribution >= 4 is 34.0 Å². The highest BCUT2D eigenvalue weighted by Gasteiger charge is 2.16. The summed E-state index contributed by atoms with van der Waals surface area (Å²) in [6.45, 7) is 1.89. The molecule has 3 rings (SSSR count). The molecule has 3 aromatic carbocycles. The summed E-state index contributed by atoms with van der Waals surface area (Å²) in [5.74, 6) is 0.448. The summed E-state index contributed by atoms with van der Waals surface area (Å²) in [6, 6.07) is 19.1. The van der Waals surface area contributed by atoms with Gasteiger partial charge in [-0.05, 0) is 47.5 Å². The molecule has 0 radical (unpaired) electrons. The molecule has 0 spiro atoms. The van der Waals surface area contributed by atoms with Crippen LogP contribution in [-0.2, 0) is 4.79 Å². The molecule has 1 N–H and O–H groups in total. The number of benzene rings is 3. The second-order valence-corrected chi connectivity index (χ2v) is 6.07. The number of nitrogens with one attached hydrogen (secondary N) is 1. The average Bonchev–Trinajstić information content (AvgIpc) is 2.62. The number of hydrogen-bond acceptors (Lipinski definition) is 2. The van der Waals surface area contributed by atoms with E-state index in [4.69, 9.17) is 16.3 Å². The molecule has 0 saturated heterocycles. The van der Waals surface area contributed by atoms with Crippen molar-refractivity contribution in [3.8, 4) is 5.75 Å². The quantitative estimate of drug-likeness (QED) is 0.705. The molecular formula is C20H18ClNO2. The number of rotatable bonds is 4. The molecule has 3 nitrogen and oxygen atoms in total. The molecule has 3 aromatic rings. The molecule has 0 aliphatic carbocycles. The Kier molecular flexibility index (Phi) is 4.72. The summed E-state index contributed by atoms with van der Waals surface area (Å²) in [7, 11) is 1.65. The lowest BCUT2D eigenvalue weighted by Gasteiger charge is -2.14. The number of ether oxygens (including phenoxy) is 1. The minimum Gasteiger partial charge on any atom is -0.497 e. The van der Waals surface area contributed by atoms with Gasteiger partial charge in [0.05, 0.1) is 23.7 Å². The van der Waals surface area contributed by atoms with Crippen LogP contribution in [-0.4, -0.2) is 13.0 Å². The molecule has 24 heavy (non-hydrogen) atoms. The lowest BCUT2D eigenvalue weighted by molar-refractivity contribution is -0.117. The van der Waals surface area contributed by atoms with Crippen LogP contribution in [0.4, 0.5) is 5.69 Å². The number of fused-ring (bicyclic) bond motifs is 1. The SMILES string of the molecule is COc1ccc2cc([C@@H](C)C(=O)Nc3ccccc3Cl)ccc2c1. The Hall–Kier alpha value is -2.52. The van der Waals surface area contributed by atoms with Crippen molar-refractivity contribution in [1.29, 1.82) is 0 Å². The van der Waals surface area contributed by atoms with E-state index in [9.17, 15) is 4.79 Å². The molecule has 0 heterocycles. The van der Waals surface area contributed by atoms with Crippen LogP contribution in [0, 0.1) is 0 Å². The summed E-state index contributed by atoms with van der Waals surface area (Å²) < 4.78 is 5.24. The Morgan fingerprint density at radius 1 is 1.04 bits per heavy atom. The van der Waals surface area contributed by atoms with Crippen molar-refractivity contribution in [2.75, 3.05) is 12.4 Å². The maximum Gasteiger partial charge on any atom is 0.231 e. The highest BCUT2D eigenvalue weighted by Crippen LogP contribution is 2.27. The van der Waals surface area contributed by atoms with Crippen LogP contribution >= 0.6 is 11.6 Å². The van der Waals surface area contributed by atoms with Gasteiger partial charge in [0, 0.05) is 0 Å². The zero-order valence-corrected chi connectivity index (χ0v) is 14.3. The zero-order chi connectivity index (χ0) is 17.1. The molecule has 4 heteroatoms. The summed E-state index contributed by atoms with van der Waals surface area (Å²) in [5.41, 5.74) is 1.58. The smallest absolute Gasteiger partial charge is 0.231 e. The summed E-state index contributed by atoms with van der Waals surface area (Å²) in [5, 5.41) is 5.57. The number of carbonyl (C=O) groups is 1. The lowest BCUT2D eigenvalue weighted by atomic mass is 9.97. The monoisotopic (exact) mass is 339 g/mol. The fourth-order valence-corrected chi connectivity index (χ4v) is 2.78. The molecule has 122 valence electrons. The Balaban J connectivity index is 1.83. The van der Waals surface area contributed by atoms with Gasteiger partial charge < -0.3 is 10.1 Å². The van der Waals surface area contributed by atoms with Crippen molar-refractivity contribution < 1.29 is 9.53 Å². The predicted octanol–water partition coefficient (Wildman–Crippen LogP) is 5.24. The van der Waals surface area contributed by atoms with Crippen LogP contribution in [0.25, 0.3) is 10.8 Å². The Morgan fingerprint density at radius 2 is 1.75 bits per heavy atom. The first kappa shape index (κ1) is 16.3. The van der Waals surface area contributed by atoms with Crippen molar-refractivity contribution in [2.45, 2.75) is 12.8 Å². The first-order chi connectivity index (χ1) is 11.6. The van der Waals surface area contributed by atoms with Crippen LogP contribution in [0.1, 0.15) is 18.4 Å². The highest BCUT2D eigenvalue weighted by molar-refractivity contribution is 6.33. The summed E-state index contributed by atoms with van der Waals surface area (Å²) in [6.07, 6.45) is 0. The maximum atomic E-state index is 12.5. The van der Waals surface area contributed by atoms with E-state index in [0.717, 1.165) is 22.1 Å². The molecule has 0 unspecified atom stereocenters. The molecule has 0 bridgehead atoms. The van der Waals surface area contributed by atoms with Gasteiger partial charge in [-0.1, -0.05) is 48.0 Å². The summed E-state index contributed by atoms with van der Waals surface area (Å²) in [4.78, 5) is 12.5. The van der Waals surface area contributed by atoms with E-state index < -0.39 is 0 Å². The second-order valence-electron chi connectivity index (χ2n) is 5.66. The number of methoxy groups -OCH3 is 1. The topological polar surface area (TPSA) is 38.3 Å². The average molecular weight is 340 g/mol. The van der Waals surface area contributed by atoms with E-state index >= 15 is 0 Å². The molecule has 1 atom stereocenters. The number of amides is 1. The Morgan fingerprint density at radius 3 is 2.50 bits per heavy atom. The van der Waals surface area contributed by atoms with E-state index in [1.54, 1.807) is 19.2 Å². The predicted molar refractivity (Wildman–Crippen MR) is 99.0 cm³/mol. The molecule has 0 fully saturated rings. The zero-order valence-electron chi connectivity index (χ0n) is 13.5. The fourth-order valence-electron chi connectivity index (χ4n) is 2.59. The van der Waals surface area contributed by atoms with Gasteiger partial charge in [-0.25, -0.2) is 0 Å². The lowest BCUT2D eigenvalue weighted by Crippen LogP contribution is -2.19. The van der Waals surface area contributed by atoms with Crippen LogP contribution in [0.5, 0.6) is 5.75 Å². The summed E-state index contributed by atoms with van der Waals surface area (Å²) >= 11 is 6.10. The number of carbonyl (C=O) groups excluding carboxylic acids is 1. The maximum absolute atomic E-state index is 12.5. The van der Waals surface area contributed by atoms with E-state index in [2.05, 4.69) is 5.32 Å². The van der Waals surface area contributed by atoms with Crippen LogP contribution in [0.3, 0.4) is 0 Å². The number of halogens is 1. The number of para-hydroxylation sites is 1. The van der Waals surface area contributed by atoms with Crippen LogP contribution in [0.15, 0.2) is 60.7 Å². The third-order valence-electron chi connectivity index (χ3n) is 4.10. The molecule has 0 aliphatic rings. The standard InChI is InChI=1S/C20H18ClNO2/c1-13(20(23)22-19-6-4-3-5-18(19)21)14-7-8-16-12-17(24-2)10-9-15(16)11-14/h3-13H,1-2H3,(H,22,23)/t13-/m1/s1. The molecule has 0 aliphatic heterocycles. The first-order valence-corrected chi connectivity index (χ1v) is 8.09. The van der Waals surface area contributed by atoms with Gasteiger partial charge in [-0.3, -0.25) is 4.79 Å². The van der Waals surface area contributed by atoms with Crippen molar-refractivity contribution in [3.05, 3.63) is 71.2 Å². The molecular weight excluding hydrogens is 322 g/mol.